The molecule has 0 radical (unpaired) electrons. The normalized spacial score (nSPS) is 13.2. The molecule has 4 nitrogen and oxygen atoms in total. The zero-order valence-electron chi connectivity index (χ0n) is 44.6. The second-order valence-corrected chi connectivity index (χ2v) is 19.7. The summed E-state index contributed by atoms with van der Waals surface area (Å²) in [6.45, 7) is 11.2. The average molecular weight is 1010 g/mol. The Morgan fingerprint density at radius 1 is 0.329 bits per heavy atom. The van der Waals surface area contributed by atoms with Crippen LogP contribution < -0.4 is 0 Å². The van der Waals surface area contributed by atoms with Gasteiger partial charge in [-0.3, -0.25) is 18.6 Å². The van der Waals surface area contributed by atoms with E-state index in [1.807, 2.05) is 6.08 Å². The Kier molecular flexibility index (Phi) is 65.2. The molecule has 1 atom stereocenters. The minimum atomic E-state index is -1.00. The van der Waals surface area contributed by atoms with Gasteiger partial charge in [0.05, 0.1) is 17.3 Å². The molecule has 70 heavy (non-hydrogen) atoms. The minimum absolute atomic E-state index is 0.00266. The molecule has 0 saturated carbocycles. The summed E-state index contributed by atoms with van der Waals surface area (Å²) in [6, 6.07) is 0. The molecule has 0 aliphatic rings. The predicted octanol–water partition coefficient (Wildman–Crippen LogP) is 18.4. The Morgan fingerprint density at radius 3 is 0.914 bits per heavy atom. The van der Waals surface area contributed by atoms with Gasteiger partial charge in [0.1, 0.15) is 17.3 Å². The van der Waals surface area contributed by atoms with Crippen molar-refractivity contribution in [2.75, 3.05) is 34.5 Å². The van der Waals surface area contributed by atoms with Crippen LogP contribution in [-0.2, 0) is 25.2 Å². The predicted molar refractivity (Wildman–Crippen MR) is 322 cm³/mol. The first-order valence-corrected chi connectivity index (χ1v) is 29.7. The number of hydrogen-bond acceptors (Lipinski definition) is 6. The molecular formula is C63H96O4S3. The largest absolute Gasteiger partial charge is 0.299 e. The standard InChI is InChI=1S/C21H32O2S.2C21H32OS/c1-3-4-5-6-7-8-9-10-11-12-13-14-15-16-17-18-19-24(23)20-21(2)22;2*1-3-4-5-6-7-8-9-10-11-12-13-14-15-16-17-18-19-23-20-21(2)22/h4-5,7-8,10-11,13-14,16-17H,3,6,9,12,15,18-20H2,1-2H3;4-5,7-8,10-11,13-14,17-18H,3,6,9,12,15-16,19-20H2,1-2H3;4-5,7-8,10-11,13-14,16-17H,3,6,9,12,15,18-20H2,1-2H3/b5-4-,8-7-,11-10-,14-13-,17-16-;5-4-,8-7-,11-10-,14-13-,18-17+;5-4-,8-7-,11-10-,14-13-,17-16-. The van der Waals surface area contributed by atoms with Crippen molar-refractivity contribution < 1.29 is 18.6 Å². The third-order valence-electron chi connectivity index (χ3n) is 8.83. The van der Waals surface area contributed by atoms with E-state index < -0.39 is 10.8 Å². The van der Waals surface area contributed by atoms with Gasteiger partial charge in [0.2, 0.25) is 0 Å². The molecule has 7 heteroatoms. The fraction of sp³-hybridized carbons (Fsp3) is 0.476. The van der Waals surface area contributed by atoms with Gasteiger partial charge in [0.25, 0.3) is 0 Å². The molecule has 0 aliphatic heterocycles. The van der Waals surface area contributed by atoms with Gasteiger partial charge in [-0.2, -0.15) is 11.8 Å². The number of unbranched alkanes of at least 4 members (excludes halogenated alkanes) is 1. The maximum atomic E-state index is 11.4. The summed E-state index contributed by atoms with van der Waals surface area (Å²) in [5, 5.41) is 0. The van der Waals surface area contributed by atoms with E-state index in [1.54, 1.807) is 37.4 Å². The molecule has 0 fully saturated rings. The lowest BCUT2D eigenvalue weighted by Gasteiger charge is -1.95. The van der Waals surface area contributed by atoms with E-state index in [-0.39, 0.29) is 23.1 Å². The highest BCUT2D eigenvalue weighted by atomic mass is 32.2. The molecule has 0 saturated heterocycles. The molecule has 0 aliphatic carbocycles. The Bertz CT molecular complexity index is 1710. The number of Topliss-reactive ketones (excluding diaryl/α,β-unsaturated/α-hetero) is 3. The van der Waals surface area contributed by atoms with E-state index in [9.17, 15) is 18.6 Å². The maximum Gasteiger partial charge on any atom is 0.142 e. The highest BCUT2D eigenvalue weighted by Gasteiger charge is 2.01. The van der Waals surface area contributed by atoms with Gasteiger partial charge in [-0.1, -0.05) is 203 Å². The number of carbonyl (C=O) groups excluding carboxylic acids is 3. The molecule has 0 aromatic rings. The summed E-state index contributed by atoms with van der Waals surface area (Å²) >= 11 is 3.39. The first-order valence-electron chi connectivity index (χ1n) is 25.9. The number of carbonyl (C=O) groups is 3. The number of allylic oxidation sites excluding steroid dienone is 29. The fourth-order valence-electron chi connectivity index (χ4n) is 5.35. The van der Waals surface area contributed by atoms with Gasteiger partial charge >= 0.3 is 0 Å². The summed E-state index contributed by atoms with van der Waals surface area (Å²) in [5.41, 5.74) is 0. The molecule has 0 bridgehead atoms. The summed E-state index contributed by atoms with van der Waals surface area (Å²) < 4.78 is 11.4. The average Bonchev–Trinajstić information content (AvgIpc) is 3.33. The third-order valence-corrected chi connectivity index (χ3v) is 12.4. The van der Waals surface area contributed by atoms with Crippen molar-refractivity contribution >= 4 is 51.7 Å². The monoisotopic (exact) mass is 1010 g/mol. The first-order chi connectivity index (χ1) is 34.2. The lowest BCUT2D eigenvalue weighted by molar-refractivity contribution is -0.115. The lowest BCUT2D eigenvalue weighted by Crippen LogP contribution is -2.08. The second kappa shape index (κ2) is 65.0. The van der Waals surface area contributed by atoms with Crippen molar-refractivity contribution in [3.05, 3.63) is 182 Å². The van der Waals surface area contributed by atoms with Crippen molar-refractivity contribution in [2.24, 2.45) is 0 Å². The quantitative estimate of drug-likeness (QED) is 0.0448. The Morgan fingerprint density at radius 2 is 0.600 bits per heavy atom. The van der Waals surface area contributed by atoms with E-state index in [4.69, 9.17) is 0 Å². The second-order valence-electron chi connectivity index (χ2n) is 16.0. The van der Waals surface area contributed by atoms with E-state index >= 15 is 0 Å². The molecule has 0 spiro atoms. The smallest absolute Gasteiger partial charge is 0.142 e. The molecule has 0 heterocycles. The zero-order valence-corrected chi connectivity index (χ0v) is 47.1. The van der Waals surface area contributed by atoms with Gasteiger partial charge in [0, 0.05) is 22.3 Å². The molecule has 0 aromatic carbocycles. The first kappa shape index (κ1) is 70.2. The SMILES string of the molecule is CC/C=C\C/C=C\C/C=C\C/C=C\C/C=C\CCS(=O)CC(C)=O.CC/C=C\C/C=C\C/C=C\C/C=C\C/C=C\CCSCC(C)=O.CC/C=C\C/C=C\C/C=C\C/C=C\CC/C=C/CSCC(C)=O. The number of thioether (sulfide) groups is 2. The number of ketones is 3. The van der Waals surface area contributed by atoms with Crippen molar-refractivity contribution in [3.63, 3.8) is 0 Å². The van der Waals surface area contributed by atoms with Crippen molar-refractivity contribution in [3.8, 4) is 0 Å². The van der Waals surface area contributed by atoms with Crippen molar-refractivity contribution in [2.45, 2.75) is 157 Å². The molecule has 0 aromatic heterocycles. The van der Waals surface area contributed by atoms with Crippen LogP contribution in [0.25, 0.3) is 0 Å². The van der Waals surface area contributed by atoms with Crippen LogP contribution in [0.3, 0.4) is 0 Å². The molecule has 0 rings (SSSR count). The molecule has 0 amide bonds. The van der Waals surface area contributed by atoms with Crippen LogP contribution in [-0.4, -0.2) is 56.1 Å². The summed E-state index contributed by atoms with van der Waals surface area (Å²) in [6.07, 6.45) is 84.1. The van der Waals surface area contributed by atoms with Gasteiger partial charge in [-0.25, -0.2) is 0 Å². The van der Waals surface area contributed by atoms with E-state index in [2.05, 4.69) is 197 Å². The van der Waals surface area contributed by atoms with E-state index in [0.29, 0.717) is 17.3 Å². The van der Waals surface area contributed by atoms with Crippen LogP contribution in [0, 0.1) is 0 Å². The van der Waals surface area contributed by atoms with Crippen LogP contribution in [0.2, 0.25) is 0 Å². The van der Waals surface area contributed by atoms with Gasteiger partial charge in [-0.15, -0.1) is 11.8 Å². The summed E-state index contributed by atoms with van der Waals surface area (Å²) in [4.78, 5) is 32.3. The van der Waals surface area contributed by atoms with Crippen molar-refractivity contribution in [1.82, 2.24) is 0 Å². The van der Waals surface area contributed by atoms with Gasteiger partial charge in [0.15, 0.2) is 0 Å². The van der Waals surface area contributed by atoms with E-state index in [1.165, 1.54) is 6.92 Å². The van der Waals surface area contributed by atoms with Crippen LogP contribution in [0.1, 0.15) is 157 Å². The fourth-order valence-corrected chi connectivity index (χ4v) is 7.76. The maximum absolute atomic E-state index is 11.4. The van der Waals surface area contributed by atoms with Crippen molar-refractivity contribution in [1.29, 1.82) is 0 Å². The highest BCUT2D eigenvalue weighted by Crippen LogP contribution is 2.05. The molecule has 1 unspecified atom stereocenters. The third kappa shape index (κ3) is 75.5. The topological polar surface area (TPSA) is 68.3 Å². The summed E-state index contributed by atoms with van der Waals surface area (Å²) in [7, 11) is -1.00. The zero-order chi connectivity index (χ0) is 51.9. The Balaban J connectivity index is -0.000000962. The van der Waals surface area contributed by atoms with Crippen LogP contribution in [0.15, 0.2) is 182 Å². The van der Waals surface area contributed by atoms with Gasteiger partial charge in [-0.05, 0) is 142 Å². The van der Waals surface area contributed by atoms with Crippen LogP contribution in [0.4, 0.5) is 0 Å². The number of rotatable bonds is 42. The van der Waals surface area contributed by atoms with Gasteiger partial charge < -0.3 is 0 Å². The molecule has 0 N–H and O–H groups in total. The Labute approximate surface area is 441 Å². The molecular weight excluding hydrogens is 917 g/mol. The van der Waals surface area contributed by atoms with Crippen LogP contribution in [0.5, 0.6) is 0 Å². The molecule has 390 valence electrons. The highest BCUT2D eigenvalue weighted by molar-refractivity contribution is 8.00. The van der Waals surface area contributed by atoms with Crippen LogP contribution >= 0.6 is 23.5 Å². The summed E-state index contributed by atoms with van der Waals surface area (Å²) in [5.74, 6) is 4.51. The minimum Gasteiger partial charge on any atom is -0.299 e. The van der Waals surface area contributed by atoms with E-state index in [0.717, 1.165) is 127 Å². The lowest BCUT2D eigenvalue weighted by atomic mass is 10.2. The Hall–Kier alpha value is -4.04. The number of hydrogen-bond donors (Lipinski definition) is 0.